The molecule has 1 N–H and O–H groups in total. The van der Waals surface area contributed by atoms with Crippen LogP contribution in [0.4, 0.5) is 0 Å². The standard InChI is InChI=1S/C8H9N/c1-2-5-8-6-3-4-7-9-8/h2-7,9H,1H2/b8-5-. The molecule has 0 radical (unpaired) electrons. The Kier molecular flexibility index (Phi) is 1.91. The molecule has 0 amide bonds. The Balaban J connectivity index is 2.65. The molecule has 0 saturated heterocycles. The molecule has 1 heterocycles. The molecule has 1 heteroatoms. The summed E-state index contributed by atoms with van der Waals surface area (Å²) < 4.78 is 0. The van der Waals surface area contributed by atoms with E-state index >= 15 is 0 Å². The number of nitrogens with one attached hydrogen (secondary N) is 1. The predicted molar refractivity (Wildman–Crippen MR) is 39.7 cm³/mol. The molecule has 46 valence electrons. The van der Waals surface area contributed by atoms with Gasteiger partial charge in [-0.1, -0.05) is 18.7 Å². The molecule has 0 fully saturated rings. The van der Waals surface area contributed by atoms with Crippen LogP contribution in [0.5, 0.6) is 0 Å². The minimum absolute atomic E-state index is 1.08. The third-order valence-corrected chi connectivity index (χ3v) is 1.03. The predicted octanol–water partition coefficient (Wildman–Crippen LogP) is 1.73. The lowest BCUT2D eigenvalue weighted by atomic mass is 10.3. The number of hydrogen-bond donors (Lipinski definition) is 1. The second-order valence-corrected chi connectivity index (χ2v) is 1.72. The highest BCUT2D eigenvalue weighted by atomic mass is 14.8. The molecule has 1 rings (SSSR count). The van der Waals surface area contributed by atoms with Crippen LogP contribution in [0.1, 0.15) is 0 Å². The van der Waals surface area contributed by atoms with Crippen molar-refractivity contribution in [3.05, 3.63) is 48.9 Å². The Bertz CT molecular complexity index is 185. The second kappa shape index (κ2) is 2.92. The van der Waals surface area contributed by atoms with E-state index in [2.05, 4.69) is 11.9 Å². The lowest BCUT2D eigenvalue weighted by Gasteiger charge is -2.02. The maximum Gasteiger partial charge on any atom is 0.0379 e. The molecule has 0 aromatic rings. The summed E-state index contributed by atoms with van der Waals surface area (Å²) in [7, 11) is 0. The van der Waals surface area contributed by atoms with Gasteiger partial charge in [-0.15, -0.1) is 0 Å². The summed E-state index contributed by atoms with van der Waals surface area (Å²) in [4.78, 5) is 0. The third-order valence-electron chi connectivity index (χ3n) is 1.03. The minimum atomic E-state index is 1.08. The van der Waals surface area contributed by atoms with E-state index in [0.29, 0.717) is 0 Å². The van der Waals surface area contributed by atoms with Gasteiger partial charge < -0.3 is 5.32 Å². The van der Waals surface area contributed by atoms with Crippen molar-refractivity contribution in [2.45, 2.75) is 0 Å². The SMILES string of the molecule is C=C/C=C1/C=CC=CN1. The fraction of sp³-hybridized carbons (Fsp3) is 0. The average molecular weight is 119 g/mol. The summed E-state index contributed by atoms with van der Waals surface area (Å²) in [6, 6.07) is 0. The van der Waals surface area contributed by atoms with E-state index in [0.717, 1.165) is 5.70 Å². The lowest BCUT2D eigenvalue weighted by molar-refractivity contribution is 1.10. The highest BCUT2D eigenvalue weighted by Gasteiger charge is 1.86. The maximum absolute atomic E-state index is 3.58. The van der Waals surface area contributed by atoms with Gasteiger partial charge in [0.1, 0.15) is 0 Å². The first-order valence-corrected chi connectivity index (χ1v) is 2.86. The molecular formula is C8H9N. The molecule has 0 aromatic carbocycles. The fourth-order valence-electron chi connectivity index (χ4n) is 0.638. The van der Waals surface area contributed by atoms with Crippen LogP contribution >= 0.6 is 0 Å². The summed E-state index contributed by atoms with van der Waals surface area (Å²) in [5.41, 5.74) is 1.08. The van der Waals surface area contributed by atoms with Crippen molar-refractivity contribution in [1.29, 1.82) is 0 Å². The highest BCUT2D eigenvalue weighted by molar-refractivity contribution is 5.29. The molecule has 0 spiro atoms. The van der Waals surface area contributed by atoms with Crippen LogP contribution in [-0.4, -0.2) is 0 Å². The van der Waals surface area contributed by atoms with Gasteiger partial charge in [-0.3, -0.25) is 0 Å². The van der Waals surface area contributed by atoms with E-state index in [4.69, 9.17) is 0 Å². The third kappa shape index (κ3) is 1.61. The van der Waals surface area contributed by atoms with Gasteiger partial charge in [0.05, 0.1) is 0 Å². The lowest BCUT2D eigenvalue weighted by Crippen LogP contribution is -2.03. The van der Waals surface area contributed by atoms with E-state index in [1.54, 1.807) is 6.08 Å². The monoisotopic (exact) mass is 119 g/mol. The summed E-state index contributed by atoms with van der Waals surface area (Å²) in [5, 5.41) is 3.04. The molecule has 0 aromatic heterocycles. The molecule has 1 aliphatic heterocycles. The Morgan fingerprint density at radius 2 is 2.33 bits per heavy atom. The first-order valence-electron chi connectivity index (χ1n) is 2.86. The molecule has 0 saturated carbocycles. The zero-order valence-electron chi connectivity index (χ0n) is 5.17. The number of allylic oxidation sites excluding steroid dienone is 5. The van der Waals surface area contributed by atoms with Crippen molar-refractivity contribution in [2.24, 2.45) is 0 Å². The van der Waals surface area contributed by atoms with Gasteiger partial charge in [-0.05, 0) is 18.2 Å². The summed E-state index contributed by atoms with van der Waals surface area (Å²) in [5.74, 6) is 0. The molecule has 1 aliphatic rings. The molecular weight excluding hydrogens is 110 g/mol. The van der Waals surface area contributed by atoms with Crippen molar-refractivity contribution >= 4 is 0 Å². The zero-order chi connectivity index (χ0) is 6.53. The molecule has 1 nitrogen and oxygen atoms in total. The van der Waals surface area contributed by atoms with Gasteiger partial charge in [0.25, 0.3) is 0 Å². The van der Waals surface area contributed by atoms with Crippen LogP contribution in [0.2, 0.25) is 0 Å². The average Bonchev–Trinajstić information content (AvgIpc) is 1.91. The van der Waals surface area contributed by atoms with Crippen molar-refractivity contribution in [3.63, 3.8) is 0 Å². The van der Waals surface area contributed by atoms with E-state index in [1.807, 2.05) is 30.5 Å². The van der Waals surface area contributed by atoms with Gasteiger partial charge in [0.2, 0.25) is 0 Å². The van der Waals surface area contributed by atoms with Crippen molar-refractivity contribution in [2.75, 3.05) is 0 Å². The quantitative estimate of drug-likeness (QED) is 0.554. The smallest absolute Gasteiger partial charge is 0.0379 e. The zero-order valence-corrected chi connectivity index (χ0v) is 5.17. The molecule has 0 bridgehead atoms. The molecule has 0 unspecified atom stereocenters. The first-order chi connectivity index (χ1) is 4.43. The van der Waals surface area contributed by atoms with Gasteiger partial charge in [-0.25, -0.2) is 0 Å². The summed E-state index contributed by atoms with van der Waals surface area (Å²) in [6.07, 6.45) is 11.5. The van der Waals surface area contributed by atoms with Gasteiger partial charge in [-0.2, -0.15) is 0 Å². The van der Waals surface area contributed by atoms with Crippen LogP contribution in [-0.2, 0) is 0 Å². The Morgan fingerprint density at radius 3 is 2.89 bits per heavy atom. The largest absolute Gasteiger partial charge is 0.362 e. The summed E-state index contributed by atoms with van der Waals surface area (Å²) >= 11 is 0. The normalized spacial score (nSPS) is 19.8. The summed E-state index contributed by atoms with van der Waals surface area (Å²) in [6.45, 7) is 3.58. The highest BCUT2D eigenvalue weighted by Crippen LogP contribution is 1.96. The second-order valence-electron chi connectivity index (χ2n) is 1.72. The van der Waals surface area contributed by atoms with Gasteiger partial charge >= 0.3 is 0 Å². The van der Waals surface area contributed by atoms with Crippen LogP contribution in [0.3, 0.4) is 0 Å². The van der Waals surface area contributed by atoms with Crippen molar-refractivity contribution in [3.8, 4) is 0 Å². The van der Waals surface area contributed by atoms with Crippen LogP contribution in [0.25, 0.3) is 0 Å². The Labute approximate surface area is 55.1 Å². The van der Waals surface area contributed by atoms with E-state index in [-0.39, 0.29) is 0 Å². The first kappa shape index (κ1) is 5.89. The fourth-order valence-corrected chi connectivity index (χ4v) is 0.638. The molecule has 0 atom stereocenters. The maximum atomic E-state index is 3.58. The van der Waals surface area contributed by atoms with Crippen LogP contribution in [0.15, 0.2) is 48.9 Å². The van der Waals surface area contributed by atoms with E-state index in [9.17, 15) is 0 Å². The van der Waals surface area contributed by atoms with Crippen LogP contribution in [0, 0.1) is 0 Å². The Morgan fingerprint density at radius 1 is 1.44 bits per heavy atom. The molecule has 9 heavy (non-hydrogen) atoms. The van der Waals surface area contributed by atoms with Gasteiger partial charge in [0, 0.05) is 11.9 Å². The van der Waals surface area contributed by atoms with Gasteiger partial charge in [0.15, 0.2) is 0 Å². The van der Waals surface area contributed by atoms with E-state index in [1.165, 1.54) is 0 Å². The van der Waals surface area contributed by atoms with E-state index < -0.39 is 0 Å². The number of dihydropyridines is 1. The van der Waals surface area contributed by atoms with Crippen molar-refractivity contribution in [1.82, 2.24) is 5.32 Å². The van der Waals surface area contributed by atoms with Crippen molar-refractivity contribution < 1.29 is 0 Å². The minimum Gasteiger partial charge on any atom is -0.362 e. The van der Waals surface area contributed by atoms with Crippen LogP contribution < -0.4 is 5.32 Å². The number of rotatable bonds is 1. The number of hydrogen-bond acceptors (Lipinski definition) is 1. The molecule has 0 aliphatic carbocycles. The topological polar surface area (TPSA) is 12.0 Å². The Hall–Kier alpha value is -1.24.